The van der Waals surface area contributed by atoms with Crippen molar-refractivity contribution >= 4 is 33.3 Å². The number of hydrogen-bond donors (Lipinski definition) is 2. The van der Waals surface area contributed by atoms with Crippen LogP contribution in [0.5, 0.6) is 5.88 Å². The first kappa shape index (κ1) is 17.2. The third-order valence-electron chi connectivity index (χ3n) is 3.89. The van der Waals surface area contributed by atoms with Gasteiger partial charge < -0.3 is 15.4 Å². The molecule has 2 N–H and O–H groups in total. The molecule has 0 unspecified atom stereocenters. The molecule has 24 heavy (non-hydrogen) atoms. The number of carbonyl (C=O) groups is 1. The quantitative estimate of drug-likeness (QED) is 0.750. The lowest BCUT2D eigenvalue weighted by atomic mass is 10.3. The number of amides is 2. The zero-order valence-corrected chi connectivity index (χ0v) is 15.7. The monoisotopic (exact) mass is 409 g/mol. The number of pyridine rings is 1. The number of nitrogens with zero attached hydrogens (tertiary/aromatic N) is 1. The van der Waals surface area contributed by atoms with Gasteiger partial charge in [0, 0.05) is 23.7 Å². The van der Waals surface area contributed by atoms with Crippen molar-refractivity contribution in [3.8, 4) is 5.88 Å². The average Bonchev–Trinajstić information content (AvgIpc) is 3.24. The van der Waals surface area contributed by atoms with Crippen LogP contribution in [0, 0.1) is 0 Å². The fraction of sp³-hybridized carbons (Fsp3) is 0.412. The number of carbonyl (C=O) groups excluding carboxylic acids is 1. The predicted octanol–water partition coefficient (Wildman–Crippen LogP) is 4.23. The largest absolute Gasteiger partial charge is 0.474 e. The minimum absolute atomic E-state index is 0.189. The summed E-state index contributed by atoms with van der Waals surface area (Å²) in [4.78, 5) is 17.2. The maximum Gasteiger partial charge on any atom is 0.315 e. The van der Waals surface area contributed by atoms with E-state index in [4.69, 9.17) is 4.74 Å². The van der Waals surface area contributed by atoms with E-state index in [1.165, 1.54) is 12.8 Å². The Morgan fingerprint density at radius 1 is 1.21 bits per heavy atom. The summed E-state index contributed by atoms with van der Waals surface area (Å²) >= 11 is 5.02. The van der Waals surface area contributed by atoms with Crippen LogP contribution in [0.1, 0.15) is 36.1 Å². The highest BCUT2D eigenvalue weighted by molar-refractivity contribution is 9.11. The Morgan fingerprint density at radius 2 is 2.00 bits per heavy atom. The van der Waals surface area contributed by atoms with Crippen LogP contribution in [-0.4, -0.2) is 17.1 Å². The molecule has 2 aromatic heterocycles. The average molecular weight is 410 g/mol. The number of rotatable bonds is 6. The van der Waals surface area contributed by atoms with Gasteiger partial charge in [-0.25, -0.2) is 9.78 Å². The summed E-state index contributed by atoms with van der Waals surface area (Å²) in [5, 5.41) is 5.67. The van der Waals surface area contributed by atoms with E-state index >= 15 is 0 Å². The molecule has 7 heteroatoms. The molecule has 2 heterocycles. The molecule has 1 fully saturated rings. The summed E-state index contributed by atoms with van der Waals surface area (Å²) in [5.74, 6) is 0.665. The van der Waals surface area contributed by atoms with E-state index in [0.29, 0.717) is 25.1 Å². The van der Waals surface area contributed by atoms with Crippen LogP contribution in [0.3, 0.4) is 0 Å². The summed E-state index contributed by atoms with van der Waals surface area (Å²) in [6, 6.07) is 7.58. The van der Waals surface area contributed by atoms with Gasteiger partial charge in [0.05, 0.1) is 10.3 Å². The first-order valence-corrected chi connectivity index (χ1v) is 9.67. The highest BCUT2D eigenvalue weighted by Gasteiger charge is 2.16. The second kappa shape index (κ2) is 8.48. The molecular weight excluding hydrogens is 390 g/mol. The predicted molar refractivity (Wildman–Crippen MR) is 98.2 cm³/mol. The standard InChI is InChI=1S/C17H20BrN3O2S/c18-15-7-6-14(24-15)11-21-17(22)20-10-12-5-8-16(19-9-12)23-13-3-1-2-4-13/h5-9,13H,1-4,10-11H2,(H2,20,21,22). The fourth-order valence-corrected chi connectivity index (χ4v) is 4.04. The Balaban J connectivity index is 1.39. The topological polar surface area (TPSA) is 63.2 Å². The van der Waals surface area contributed by atoms with Crippen molar-refractivity contribution in [2.24, 2.45) is 0 Å². The lowest BCUT2D eigenvalue weighted by molar-refractivity contribution is 0.201. The van der Waals surface area contributed by atoms with Crippen LogP contribution in [0.25, 0.3) is 0 Å². The normalized spacial score (nSPS) is 14.5. The molecule has 1 aliphatic carbocycles. The molecular formula is C17H20BrN3O2S. The van der Waals surface area contributed by atoms with Gasteiger partial charge >= 0.3 is 6.03 Å². The highest BCUT2D eigenvalue weighted by Crippen LogP contribution is 2.23. The van der Waals surface area contributed by atoms with Gasteiger partial charge in [-0.15, -0.1) is 11.3 Å². The van der Waals surface area contributed by atoms with Crippen molar-refractivity contribution in [2.75, 3.05) is 0 Å². The highest BCUT2D eigenvalue weighted by atomic mass is 79.9. The van der Waals surface area contributed by atoms with Gasteiger partial charge in [0.2, 0.25) is 5.88 Å². The minimum Gasteiger partial charge on any atom is -0.474 e. The Kier molecular flexibility index (Phi) is 6.09. The van der Waals surface area contributed by atoms with Gasteiger partial charge in [-0.05, 0) is 59.3 Å². The Hall–Kier alpha value is -1.60. The summed E-state index contributed by atoms with van der Waals surface area (Å²) in [7, 11) is 0. The number of aromatic nitrogens is 1. The van der Waals surface area contributed by atoms with E-state index in [-0.39, 0.29) is 6.03 Å². The molecule has 0 aromatic carbocycles. The van der Waals surface area contributed by atoms with Gasteiger partial charge in [-0.1, -0.05) is 6.07 Å². The maximum absolute atomic E-state index is 11.8. The van der Waals surface area contributed by atoms with Crippen LogP contribution in [0.15, 0.2) is 34.2 Å². The van der Waals surface area contributed by atoms with Gasteiger partial charge in [0.25, 0.3) is 0 Å². The number of thiophene rings is 1. The number of nitrogens with one attached hydrogen (secondary N) is 2. The van der Waals surface area contributed by atoms with E-state index < -0.39 is 0 Å². The van der Waals surface area contributed by atoms with Crippen LogP contribution >= 0.6 is 27.3 Å². The molecule has 0 radical (unpaired) electrons. The van der Waals surface area contributed by atoms with Gasteiger partial charge in [-0.2, -0.15) is 0 Å². The van der Waals surface area contributed by atoms with Crippen molar-refractivity contribution in [1.29, 1.82) is 0 Å². The zero-order valence-electron chi connectivity index (χ0n) is 13.3. The third kappa shape index (κ3) is 5.21. The smallest absolute Gasteiger partial charge is 0.315 e. The first-order chi connectivity index (χ1) is 11.7. The molecule has 0 spiro atoms. The Bertz CT molecular complexity index is 669. The summed E-state index contributed by atoms with van der Waals surface area (Å²) in [5.41, 5.74) is 0.947. The van der Waals surface area contributed by atoms with E-state index in [1.54, 1.807) is 17.5 Å². The molecule has 0 saturated heterocycles. The number of hydrogen-bond acceptors (Lipinski definition) is 4. The van der Waals surface area contributed by atoms with E-state index in [1.807, 2.05) is 24.3 Å². The van der Waals surface area contributed by atoms with Gasteiger partial charge in [0.15, 0.2) is 0 Å². The van der Waals surface area contributed by atoms with Gasteiger partial charge in [0.1, 0.15) is 6.10 Å². The van der Waals surface area contributed by atoms with Crippen molar-refractivity contribution in [2.45, 2.75) is 44.9 Å². The fourth-order valence-electron chi connectivity index (χ4n) is 2.62. The van der Waals surface area contributed by atoms with E-state index in [2.05, 4.69) is 31.5 Å². The number of ether oxygens (including phenoxy) is 1. The Labute approximate surface area is 154 Å². The molecule has 2 aromatic rings. The van der Waals surface area contributed by atoms with Crippen LogP contribution in [-0.2, 0) is 13.1 Å². The molecule has 128 valence electrons. The third-order valence-corrected chi connectivity index (χ3v) is 5.52. The van der Waals surface area contributed by atoms with E-state index in [9.17, 15) is 4.79 Å². The second-order valence-corrected chi connectivity index (χ2v) is 8.32. The lowest BCUT2D eigenvalue weighted by Gasteiger charge is -2.12. The second-order valence-electron chi connectivity index (χ2n) is 5.77. The maximum atomic E-state index is 11.8. The molecule has 0 bridgehead atoms. The van der Waals surface area contributed by atoms with Crippen molar-refractivity contribution < 1.29 is 9.53 Å². The summed E-state index contributed by atoms with van der Waals surface area (Å²) in [6.45, 7) is 0.963. The molecule has 5 nitrogen and oxygen atoms in total. The molecule has 1 saturated carbocycles. The molecule has 0 aliphatic heterocycles. The number of halogens is 1. The molecule has 0 atom stereocenters. The van der Waals surface area contributed by atoms with Crippen LogP contribution < -0.4 is 15.4 Å². The van der Waals surface area contributed by atoms with Crippen molar-refractivity contribution in [3.63, 3.8) is 0 Å². The van der Waals surface area contributed by atoms with Gasteiger partial charge in [-0.3, -0.25) is 0 Å². The van der Waals surface area contributed by atoms with Crippen molar-refractivity contribution in [1.82, 2.24) is 15.6 Å². The first-order valence-electron chi connectivity index (χ1n) is 8.06. The lowest BCUT2D eigenvalue weighted by Crippen LogP contribution is -2.34. The summed E-state index contributed by atoms with van der Waals surface area (Å²) < 4.78 is 6.89. The van der Waals surface area contributed by atoms with Crippen LogP contribution in [0.4, 0.5) is 4.79 Å². The molecule has 2 amide bonds. The Morgan fingerprint density at radius 3 is 2.67 bits per heavy atom. The SMILES string of the molecule is O=C(NCc1ccc(OC2CCCC2)nc1)NCc1ccc(Br)s1. The van der Waals surface area contributed by atoms with E-state index in [0.717, 1.165) is 27.1 Å². The minimum atomic E-state index is -0.189. The van der Waals surface area contributed by atoms with Crippen molar-refractivity contribution in [3.05, 3.63) is 44.7 Å². The summed E-state index contributed by atoms with van der Waals surface area (Å²) in [6.07, 6.45) is 6.78. The number of urea groups is 1. The van der Waals surface area contributed by atoms with Crippen LogP contribution in [0.2, 0.25) is 0 Å². The molecule has 1 aliphatic rings. The zero-order chi connectivity index (χ0) is 16.8. The molecule has 3 rings (SSSR count).